The molecule has 0 aliphatic carbocycles. The molecule has 1 atom stereocenters. The molecule has 0 fully saturated rings. The fourth-order valence-electron chi connectivity index (χ4n) is 2.79. The summed E-state index contributed by atoms with van der Waals surface area (Å²) in [4.78, 5) is 0. The van der Waals surface area contributed by atoms with Gasteiger partial charge in [-0.15, -0.1) is 6.58 Å². The molecule has 1 nitrogen and oxygen atoms in total. The van der Waals surface area contributed by atoms with Gasteiger partial charge >= 0.3 is 0 Å². The van der Waals surface area contributed by atoms with Crippen LogP contribution in [-0.4, -0.2) is 11.7 Å². The van der Waals surface area contributed by atoms with E-state index in [9.17, 15) is 5.11 Å². The first-order valence-corrected chi connectivity index (χ1v) is 9.06. The van der Waals surface area contributed by atoms with Crippen molar-refractivity contribution in [3.05, 3.63) is 12.7 Å². The molecule has 0 saturated carbocycles. The number of allylic oxidation sites excluding steroid dienone is 1. The van der Waals surface area contributed by atoms with Crippen LogP contribution in [0.3, 0.4) is 0 Å². The van der Waals surface area contributed by atoms with Crippen LogP contribution in [0.5, 0.6) is 0 Å². The van der Waals surface area contributed by atoms with Crippen LogP contribution in [0.15, 0.2) is 12.7 Å². The Labute approximate surface area is 127 Å². The maximum absolute atomic E-state index is 9.19. The quantitative estimate of drug-likeness (QED) is 0.261. The van der Waals surface area contributed by atoms with Crippen molar-refractivity contribution in [2.75, 3.05) is 6.61 Å². The lowest BCUT2D eigenvalue weighted by atomic mass is 9.98. The Morgan fingerprint density at radius 2 is 1.25 bits per heavy atom. The first kappa shape index (κ1) is 19.7. The largest absolute Gasteiger partial charge is 0.396 e. The van der Waals surface area contributed by atoms with Crippen LogP contribution in [-0.2, 0) is 0 Å². The Morgan fingerprint density at radius 1 is 0.800 bits per heavy atom. The standard InChI is InChI=1S/C19H38O/c1-3-5-6-7-8-9-10-11-12-13-14-15-17-19(18-20)16-4-2/h4,19-20H,2-3,5-18H2,1H3. The molecule has 0 bridgehead atoms. The highest BCUT2D eigenvalue weighted by molar-refractivity contribution is 4.72. The van der Waals surface area contributed by atoms with E-state index in [0.29, 0.717) is 12.5 Å². The summed E-state index contributed by atoms with van der Waals surface area (Å²) in [6.45, 7) is 6.35. The zero-order valence-electron chi connectivity index (χ0n) is 13.9. The topological polar surface area (TPSA) is 20.2 Å². The smallest absolute Gasteiger partial charge is 0.0462 e. The second kappa shape index (κ2) is 16.8. The molecule has 1 unspecified atom stereocenters. The van der Waals surface area contributed by atoms with E-state index < -0.39 is 0 Å². The van der Waals surface area contributed by atoms with E-state index in [1.807, 2.05) is 6.08 Å². The van der Waals surface area contributed by atoms with Gasteiger partial charge in [0.05, 0.1) is 0 Å². The Hall–Kier alpha value is -0.300. The minimum atomic E-state index is 0.323. The summed E-state index contributed by atoms with van der Waals surface area (Å²) in [5.74, 6) is 0.454. The van der Waals surface area contributed by atoms with Crippen molar-refractivity contribution in [3.63, 3.8) is 0 Å². The molecule has 120 valence electrons. The van der Waals surface area contributed by atoms with E-state index >= 15 is 0 Å². The van der Waals surface area contributed by atoms with Crippen molar-refractivity contribution in [1.82, 2.24) is 0 Å². The van der Waals surface area contributed by atoms with Gasteiger partial charge in [0.15, 0.2) is 0 Å². The normalized spacial score (nSPS) is 12.5. The van der Waals surface area contributed by atoms with Crippen molar-refractivity contribution >= 4 is 0 Å². The highest BCUT2D eigenvalue weighted by atomic mass is 16.3. The zero-order chi connectivity index (χ0) is 14.9. The first-order valence-electron chi connectivity index (χ1n) is 9.06. The summed E-state index contributed by atoms with van der Waals surface area (Å²) in [6.07, 6.45) is 20.8. The van der Waals surface area contributed by atoms with Gasteiger partial charge in [-0.05, 0) is 18.8 Å². The van der Waals surface area contributed by atoms with E-state index in [1.54, 1.807) is 0 Å². The van der Waals surface area contributed by atoms with Gasteiger partial charge in [0, 0.05) is 6.61 Å². The van der Waals surface area contributed by atoms with E-state index in [2.05, 4.69) is 13.5 Å². The maximum atomic E-state index is 9.19. The van der Waals surface area contributed by atoms with Crippen molar-refractivity contribution in [2.24, 2.45) is 5.92 Å². The molecule has 0 aromatic heterocycles. The van der Waals surface area contributed by atoms with Gasteiger partial charge in [0.25, 0.3) is 0 Å². The lowest BCUT2D eigenvalue weighted by Crippen LogP contribution is -2.04. The van der Waals surface area contributed by atoms with Gasteiger partial charge in [-0.3, -0.25) is 0 Å². The first-order chi connectivity index (χ1) is 9.85. The summed E-state index contributed by atoms with van der Waals surface area (Å²) in [5, 5.41) is 9.19. The Morgan fingerprint density at radius 3 is 1.65 bits per heavy atom. The molecule has 0 rings (SSSR count). The fraction of sp³-hybridized carbons (Fsp3) is 0.895. The van der Waals surface area contributed by atoms with Crippen LogP contribution in [0.25, 0.3) is 0 Å². The average Bonchev–Trinajstić information content (AvgIpc) is 2.47. The molecule has 20 heavy (non-hydrogen) atoms. The third-order valence-corrected chi connectivity index (χ3v) is 4.22. The maximum Gasteiger partial charge on any atom is 0.0462 e. The summed E-state index contributed by atoms with van der Waals surface area (Å²) in [7, 11) is 0. The fourth-order valence-corrected chi connectivity index (χ4v) is 2.79. The van der Waals surface area contributed by atoms with Gasteiger partial charge in [0.2, 0.25) is 0 Å². The SMILES string of the molecule is C=CCC(CO)CCCCCCCCCCCCCC. The van der Waals surface area contributed by atoms with Crippen LogP contribution in [0.4, 0.5) is 0 Å². The van der Waals surface area contributed by atoms with Crippen LogP contribution in [0.1, 0.15) is 96.8 Å². The molecule has 0 aromatic carbocycles. The molecule has 0 heterocycles. The lowest BCUT2D eigenvalue weighted by molar-refractivity contribution is 0.216. The lowest BCUT2D eigenvalue weighted by Gasteiger charge is -2.11. The third-order valence-electron chi connectivity index (χ3n) is 4.22. The number of hydrogen-bond acceptors (Lipinski definition) is 1. The van der Waals surface area contributed by atoms with Crippen molar-refractivity contribution < 1.29 is 5.11 Å². The van der Waals surface area contributed by atoms with Gasteiger partial charge in [-0.25, -0.2) is 0 Å². The number of unbranched alkanes of at least 4 members (excludes halogenated alkanes) is 11. The minimum absolute atomic E-state index is 0.323. The Bertz CT molecular complexity index is 188. The van der Waals surface area contributed by atoms with Gasteiger partial charge in [0.1, 0.15) is 0 Å². The molecule has 1 N–H and O–H groups in total. The van der Waals surface area contributed by atoms with E-state index in [-0.39, 0.29) is 0 Å². The third kappa shape index (κ3) is 14.1. The molecule has 0 aromatic rings. The van der Waals surface area contributed by atoms with Gasteiger partial charge in [-0.2, -0.15) is 0 Å². The highest BCUT2D eigenvalue weighted by Gasteiger charge is 2.04. The van der Waals surface area contributed by atoms with Crippen LogP contribution < -0.4 is 0 Å². The van der Waals surface area contributed by atoms with Crippen molar-refractivity contribution in [3.8, 4) is 0 Å². The minimum Gasteiger partial charge on any atom is -0.396 e. The summed E-state index contributed by atoms with van der Waals surface area (Å²) in [5.41, 5.74) is 0. The highest BCUT2D eigenvalue weighted by Crippen LogP contribution is 2.16. The molecule has 0 aliphatic heterocycles. The monoisotopic (exact) mass is 282 g/mol. The van der Waals surface area contributed by atoms with Crippen LogP contribution in [0, 0.1) is 5.92 Å². The number of aliphatic hydroxyl groups is 1. The van der Waals surface area contributed by atoms with E-state index in [4.69, 9.17) is 0 Å². The Balaban J connectivity index is 3.11. The molecule has 0 saturated heterocycles. The predicted molar refractivity (Wildman–Crippen MR) is 91.1 cm³/mol. The molecule has 0 radical (unpaired) electrons. The van der Waals surface area contributed by atoms with Crippen molar-refractivity contribution in [2.45, 2.75) is 96.8 Å². The van der Waals surface area contributed by atoms with Crippen molar-refractivity contribution in [1.29, 1.82) is 0 Å². The molecule has 0 spiro atoms. The number of aliphatic hydroxyl groups excluding tert-OH is 1. The number of hydrogen-bond donors (Lipinski definition) is 1. The molecular weight excluding hydrogens is 244 g/mol. The summed E-state index contributed by atoms with van der Waals surface area (Å²) < 4.78 is 0. The van der Waals surface area contributed by atoms with E-state index in [0.717, 1.165) is 6.42 Å². The zero-order valence-corrected chi connectivity index (χ0v) is 13.9. The summed E-state index contributed by atoms with van der Waals surface area (Å²) >= 11 is 0. The van der Waals surface area contributed by atoms with Gasteiger partial charge < -0.3 is 5.11 Å². The number of rotatable bonds is 16. The second-order valence-electron chi connectivity index (χ2n) is 6.25. The average molecular weight is 283 g/mol. The van der Waals surface area contributed by atoms with Crippen LogP contribution in [0.2, 0.25) is 0 Å². The van der Waals surface area contributed by atoms with Crippen LogP contribution >= 0.6 is 0 Å². The van der Waals surface area contributed by atoms with Gasteiger partial charge in [-0.1, -0.05) is 90.0 Å². The van der Waals surface area contributed by atoms with E-state index in [1.165, 1.54) is 83.5 Å². The molecule has 0 aliphatic rings. The Kier molecular flexibility index (Phi) is 16.5. The summed E-state index contributed by atoms with van der Waals surface area (Å²) in [6, 6.07) is 0. The molecule has 0 amide bonds. The second-order valence-corrected chi connectivity index (χ2v) is 6.25. The molecule has 1 heteroatoms. The predicted octanol–water partition coefficient (Wildman–Crippen LogP) is 6.26. The molecular formula is C19H38O.